The topological polar surface area (TPSA) is 75.2 Å². The van der Waals surface area contributed by atoms with E-state index >= 15 is 0 Å². The highest BCUT2D eigenvalue weighted by molar-refractivity contribution is 5.77. The molecule has 0 saturated heterocycles. The van der Waals surface area contributed by atoms with Crippen LogP contribution in [0.2, 0.25) is 0 Å². The van der Waals surface area contributed by atoms with Gasteiger partial charge in [-0.1, -0.05) is 36.4 Å². The van der Waals surface area contributed by atoms with E-state index < -0.39 is 5.69 Å². The van der Waals surface area contributed by atoms with Gasteiger partial charge in [0.2, 0.25) is 5.91 Å². The first-order valence-corrected chi connectivity index (χ1v) is 9.70. The summed E-state index contributed by atoms with van der Waals surface area (Å²) < 4.78 is 1.23. The van der Waals surface area contributed by atoms with Crippen molar-refractivity contribution in [1.82, 2.24) is 14.5 Å². The molecule has 4 rings (SSSR count). The maximum absolute atomic E-state index is 12.5. The number of hydrogen-bond acceptors (Lipinski definition) is 3. The van der Waals surface area contributed by atoms with Crippen LogP contribution in [0.25, 0.3) is 10.9 Å². The van der Waals surface area contributed by atoms with Crippen LogP contribution in [0, 0.1) is 0 Å². The van der Waals surface area contributed by atoms with Crippen LogP contribution in [0.4, 0.5) is 0 Å². The molecule has 3 aromatic rings. The molecule has 0 radical (unpaired) electrons. The van der Waals surface area contributed by atoms with Gasteiger partial charge in [-0.15, -0.1) is 0 Å². The lowest BCUT2D eigenvalue weighted by atomic mass is 9.99. The second-order valence-electron chi connectivity index (χ2n) is 7.22. The van der Waals surface area contributed by atoms with Crippen molar-refractivity contribution in [1.29, 1.82) is 0 Å². The van der Waals surface area contributed by atoms with E-state index in [-0.39, 0.29) is 11.5 Å². The van der Waals surface area contributed by atoms with Gasteiger partial charge in [-0.05, 0) is 42.5 Å². The lowest BCUT2D eigenvalue weighted by Crippen LogP contribution is -2.36. The lowest BCUT2D eigenvalue weighted by Gasteiger charge is -2.29. The van der Waals surface area contributed by atoms with Gasteiger partial charge in [-0.3, -0.25) is 14.2 Å². The number of amides is 1. The number of fused-ring (bicyclic) bond motifs is 2. The van der Waals surface area contributed by atoms with Crippen molar-refractivity contribution in [3.05, 3.63) is 80.5 Å². The molecule has 0 atom stereocenters. The van der Waals surface area contributed by atoms with Crippen LogP contribution in [0.1, 0.15) is 30.4 Å². The molecule has 1 aliphatic rings. The molecule has 1 amide bonds. The van der Waals surface area contributed by atoms with Crippen LogP contribution >= 0.6 is 0 Å². The molecule has 144 valence electrons. The van der Waals surface area contributed by atoms with Crippen molar-refractivity contribution < 1.29 is 4.79 Å². The highest BCUT2D eigenvalue weighted by Crippen LogP contribution is 2.19. The van der Waals surface area contributed by atoms with Gasteiger partial charge >= 0.3 is 5.69 Å². The number of carbonyl (C=O) groups excluding carboxylic acids is 1. The summed E-state index contributed by atoms with van der Waals surface area (Å²) in [5.74, 6) is 0.134. The Morgan fingerprint density at radius 3 is 2.57 bits per heavy atom. The number of hydrogen-bond donors (Lipinski definition) is 1. The summed E-state index contributed by atoms with van der Waals surface area (Å²) in [6, 6.07) is 15.2. The van der Waals surface area contributed by atoms with E-state index in [0.717, 1.165) is 13.0 Å². The number of unbranched alkanes of at least 4 members (excludes halogenated alkanes) is 1. The molecule has 2 heterocycles. The molecule has 1 aromatic heterocycles. The van der Waals surface area contributed by atoms with Gasteiger partial charge in [-0.2, -0.15) is 0 Å². The zero-order chi connectivity index (χ0) is 19.5. The Labute approximate surface area is 162 Å². The average Bonchev–Trinajstić information content (AvgIpc) is 2.72. The van der Waals surface area contributed by atoms with E-state index in [1.54, 1.807) is 24.3 Å². The molecule has 6 nitrogen and oxygen atoms in total. The van der Waals surface area contributed by atoms with Gasteiger partial charge in [0.25, 0.3) is 5.56 Å². The number of aromatic amines is 1. The fraction of sp³-hybridized carbons (Fsp3) is 0.318. The molecule has 0 unspecified atom stereocenters. The normalized spacial score (nSPS) is 13.5. The van der Waals surface area contributed by atoms with Gasteiger partial charge in [0.1, 0.15) is 0 Å². The number of rotatable bonds is 5. The van der Waals surface area contributed by atoms with E-state index in [4.69, 9.17) is 0 Å². The van der Waals surface area contributed by atoms with Gasteiger partial charge < -0.3 is 9.88 Å². The van der Waals surface area contributed by atoms with E-state index in [9.17, 15) is 14.4 Å². The molecule has 1 N–H and O–H groups in total. The highest BCUT2D eigenvalue weighted by Gasteiger charge is 2.19. The SMILES string of the molecule is O=C(CCCCn1c(=O)[nH]c2ccccc2c1=O)N1CCc2ccccc2C1. The molecule has 0 bridgehead atoms. The van der Waals surface area contributed by atoms with Crippen LogP contribution < -0.4 is 11.2 Å². The summed E-state index contributed by atoms with van der Waals surface area (Å²) >= 11 is 0. The van der Waals surface area contributed by atoms with Gasteiger partial charge in [0, 0.05) is 26.1 Å². The largest absolute Gasteiger partial charge is 0.338 e. The second-order valence-corrected chi connectivity index (χ2v) is 7.22. The van der Waals surface area contributed by atoms with Crippen molar-refractivity contribution in [2.75, 3.05) is 6.54 Å². The van der Waals surface area contributed by atoms with Crippen LogP contribution in [-0.4, -0.2) is 26.9 Å². The van der Waals surface area contributed by atoms with E-state index in [0.29, 0.717) is 43.3 Å². The van der Waals surface area contributed by atoms with Crippen LogP contribution in [0.3, 0.4) is 0 Å². The van der Waals surface area contributed by atoms with Crippen LogP contribution in [0.5, 0.6) is 0 Å². The predicted octanol–water partition coefficient (Wildman–Crippen LogP) is 2.45. The van der Waals surface area contributed by atoms with Crippen molar-refractivity contribution in [3.8, 4) is 0 Å². The third-order valence-corrected chi connectivity index (χ3v) is 5.40. The number of nitrogens with zero attached hydrogens (tertiary/aromatic N) is 2. The van der Waals surface area contributed by atoms with Crippen LogP contribution in [0.15, 0.2) is 58.1 Å². The van der Waals surface area contributed by atoms with Gasteiger partial charge in [0.15, 0.2) is 0 Å². The summed E-state index contributed by atoms with van der Waals surface area (Å²) in [7, 11) is 0. The first-order valence-electron chi connectivity index (χ1n) is 9.70. The van der Waals surface area contributed by atoms with E-state index in [1.807, 2.05) is 17.0 Å². The van der Waals surface area contributed by atoms with E-state index in [1.165, 1.54) is 15.7 Å². The number of para-hydroxylation sites is 1. The monoisotopic (exact) mass is 377 g/mol. The van der Waals surface area contributed by atoms with Crippen molar-refractivity contribution in [2.45, 2.75) is 38.8 Å². The number of nitrogens with one attached hydrogen (secondary N) is 1. The fourth-order valence-corrected chi connectivity index (χ4v) is 3.81. The number of H-pyrrole nitrogens is 1. The Kier molecular flexibility index (Phi) is 5.10. The average molecular weight is 377 g/mol. The summed E-state index contributed by atoms with van der Waals surface area (Å²) in [5, 5.41) is 0.505. The quantitative estimate of drug-likeness (QED) is 0.694. The predicted molar refractivity (Wildman–Crippen MR) is 108 cm³/mol. The molecule has 0 saturated carbocycles. The molecule has 0 fully saturated rings. The Morgan fingerprint density at radius 2 is 1.71 bits per heavy atom. The molecule has 1 aliphatic heterocycles. The van der Waals surface area contributed by atoms with Gasteiger partial charge in [0.05, 0.1) is 10.9 Å². The smallest absolute Gasteiger partial charge is 0.328 e. The molecule has 6 heteroatoms. The lowest BCUT2D eigenvalue weighted by molar-refractivity contribution is -0.132. The summed E-state index contributed by atoms with van der Waals surface area (Å²) in [5.41, 5.74) is 2.41. The van der Waals surface area contributed by atoms with Crippen molar-refractivity contribution in [2.24, 2.45) is 0 Å². The minimum absolute atomic E-state index is 0.134. The Balaban J connectivity index is 1.34. The minimum Gasteiger partial charge on any atom is -0.338 e. The molecular formula is C22H23N3O3. The van der Waals surface area contributed by atoms with Crippen molar-refractivity contribution in [3.63, 3.8) is 0 Å². The first kappa shape index (κ1) is 18.2. The van der Waals surface area contributed by atoms with Crippen LogP contribution in [-0.2, 0) is 24.3 Å². The highest BCUT2D eigenvalue weighted by atomic mass is 16.2. The van der Waals surface area contributed by atoms with Gasteiger partial charge in [-0.25, -0.2) is 4.79 Å². The molecule has 0 aliphatic carbocycles. The Hall–Kier alpha value is -3.15. The summed E-state index contributed by atoms with van der Waals surface area (Å²) in [4.78, 5) is 41.8. The maximum atomic E-state index is 12.5. The number of carbonyl (C=O) groups is 1. The third kappa shape index (κ3) is 3.63. The number of benzene rings is 2. The third-order valence-electron chi connectivity index (χ3n) is 5.40. The summed E-state index contributed by atoms with van der Waals surface area (Å²) in [6.45, 7) is 1.73. The first-order chi connectivity index (χ1) is 13.6. The zero-order valence-electron chi connectivity index (χ0n) is 15.7. The Morgan fingerprint density at radius 1 is 0.964 bits per heavy atom. The second kappa shape index (κ2) is 7.84. The van der Waals surface area contributed by atoms with E-state index in [2.05, 4.69) is 17.1 Å². The maximum Gasteiger partial charge on any atom is 0.328 e. The van der Waals surface area contributed by atoms with Crippen molar-refractivity contribution >= 4 is 16.8 Å². The number of aromatic nitrogens is 2. The molecule has 28 heavy (non-hydrogen) atoms. The zero-order valence-corrected chi connectivity index (χ0v) is 15.7. The Bertz CT molecular complexity index is 1130. The standard InChI is InChI=1S/C22H23N3O3/c26-20(24-14-12-16-7-1-2-8-17(16)15-24)11-5-6-13-25-21(27)18-9-3-4-10-19(18)23-22(25)28/h1-4,7-10H,5-6,11-15H2,(H,23,28). The molecular weight excluding hydrogens is 354 g/mol. The minimum atomic E-state index is -0.400. The molecule has 0 spiro atoms. The molecule has 2 aromatic carbocycles. The summed E-state index contributed by atoms with van der Waals surface area (Å²) in [6.07, 6.45) is 2.58. The fourth-order valence-electron chi connectivity index (χ4n) is 3.81.